The Morgan fingerprint density at radius 2 is 1.76 bits per heavy atom. The first-order valence-corrected chi connectivity index (χ1v) is 10.2. The van der Waals surface area contributed by atoms with E-state index < -0.39 is 5.97 Å². The molecule has 152 valence electrons. The van der Waals surface area contributed by atoms with Crippen molar-refractivity contribution in [3.63, 3.8) is 0 Å². The van der Waals surface area contributed by atoms with Gasteiger partial charge >= 0.3 is 5.97 Å². The number of aryl methyl sites for hydroxylation is 1. The van der Waals surface area contributed by atoms with Crippen LogP contribution in [0.2, 0.25) is 5.02 Å². The summed E-state index contributed by atoms with van der Waals surface area (Å²) < 4.78 is 2.06. The molecule has 0 aliphatic rings. The van der Waals surface area contributed by atoms with E-state index >= 15 is 0 Å². The molecule has 2 N–H and O–H groups in total. The maximum Gasteiger partial charge on any atom is 0.337 e. The molecule has 0 saturated heterocycles. The van der Waals surface area contributed by atoms with Crippen molar-refractivity contribution in [3.05, 3.63) is 92.8 Å². The highest BCUT2D eigenvalue weighted by Crippen LogP contribution is 2.24. The molecule has 0 unspecified atom stereocenters. The van der Waals surface area contributed by atoms with Gasteiger partial charge in [0.25, 0.3) is 0 Å². The van der Waals surface area contributed by atoms with E-state index in [1.165, 1.54) is 11.1 Å². The molecule has 0 bridgehead atoms. The Hall–Kier alpha value is -2.56. The van der Waals surface area contributed by atoms with E-state index in [1.54, 1.807) is 0 Å². The number of hydrogen-bond donors (Lipinski definition) is 2. The molecule has 3 rings (SSSR count). The highest BCUT2D eigenvalue weighted by Gasteiger charge is 2.22. The zero-order valence-corrected chi connectivity index (χ0v) is 17.9. The quantitative estimate of drug-likeness (QED) is 0.505. The van der Waals surface area contributed by atoms with Gasteiger partial charge in [0.15, 0.2) is 0 Å². The Morgan fingerprint density at radius 3 is 2.41 bits per heavy atom. The van der Waals surface area contributed by atoms with E-state index in [0.29, 0.717) is 23.7 Å². The summed E-state index contributed by atoms with van der Waals surface area (Å²) in [7, 11) is 0. The van der Waals surface area contributed by atoms with E-state index in [0.717, 1.165) is 35.5 Å². The Morgan fingerprint density at radius 1 is 1.03 bits per heavy atom. The maximum atomic E-state index is 11.9. The van der Waals surface area contributed by atoms with Gasteiger partial charge in [0.2, 0.25) is 0 Å². The van der Waals surface area contributed by atoms with Crippen LogP contribution in [0.5, 0.6) is 0 Å². The Balaban J connectivity index is 1.75. The topological polar surface area (TPSA) is 54.3 Å². The zero-order chi connectivity index (χ0) is 21.0. The standard InChI is InChI=1S/C24H27ClN2O2/c1-16-7-9-19(10-8-16)11-12-26-14-22-17(2)27(18(3)23(22)24(28)29)15-20-5-4-6-21(25)13-20/h4-10,13,26H,11-12,14-15H2,1-3H3,(H,28,29). The lowest BCUT2D eigenvalue weighted by Gasteiger charge is -2.11. The SMILES string of the molecule is Cc1ccc(CCNCc2c(C(=O)O)c(C)n(Cc3cccc(Cl)c3)c2C)cc1. The third-order valence-corrected chi connectivity index (χ3v) is 5.60. The summed E-state index contributed by atoms with van der Waals surface area (Å²) in [5.41, 5.74) is 6.56. The van der Waals surface area contributed by atoms with Crippen molar-refractivity contribution in [2.75, 3.05) is 6.54 Å². The minimum Gasteiger partial charge on any atom is -0.478 e. The molecular formula is C24H27ClN2O2. The molecule has 3 aromatic rings. The number of aromatic nitrogens is 1. The molecule has 2 aromatic carbocycles. The van der Waals surface area contributed by atoms with E-state index in [1.807, 2.05) is 38.1 Å². The van der Waals surface area contributed by atoms with Crippen LogP contribution in [0.4, 0.5) is 0 Å². The average Bonchev–Trinajstić information content (AvgIpc) is 2.91. The minimum absolute atomic E-state index is 0.396. The third kappa shape index (κ3) is 5.08. The fraction of sp³-hybridized carbons (Fsp3) is 0.292. The molecule has 0 fully saturated rings. The van der Waals surface area contributed by atoms with Gasteiger partial charge in [0.05, 0.1) is 5.56 Å². The number of carboxylic acid groups (broad SMARTS) is 1. The Kier molecular flexibility index (Phi) is 6.78. The number of nitrogens with one attached hydrogen (secondary N) is 1. The maximum absolute atomic E-state index is 11.9. The van der Waals surface area contributed by atoms with Gasteiger partial charge in [-0.1, -0.05) is 53.6 Å². The molecule has 0 atom stereocenters. The molecule has 4 nitrogen and oxygen atoms in total. The molecule has 0 radical (unpaired) electrons. The van der Waals surface area contributed by atoms with Crippen LogP contribution in [0.1, 0.15) is 44.0 Å². The van der Waals surface area contributed by atoms with Crippen molar-refractivity contribution in [1.82, 2.24) is 9.88 Å². The number of nitrogens with zero attached hydrogens (tertiary/aromatic N) is 1. The second kappa shape index (κ2) is 9.29. The summed E-state index contributed by atoms with van der Waals surface area (Å²) in [4.78, 5) is 11.9. The second-order valence-electron chi connectivity index (χ2n) is 7.46. The average molecular weight is 411 g/mol. The predicted octanol–water partition coefficient (Wildman–Crippen LogP) is 5.15. The molecule has 5 heteroatoms. The van der Waals surface area contributed by atoms with Gasteiger partial charge in [-0.05, 0) is 57.0 Å². The van der Waals surface area contributed by atoms with Crippen LogP contribution in [-0.4, -0.2) is 22.2 Å². The van der Waals surface area contributed by atoms with Gasteiger partial charge < -0.3 is 15.0 Å². The lowest BCUT2D eigenvalue weighted by atomic mass is 10.1. The number of halogens is 1. The fourth-order valence-corrected chi connectivity index (χ4v) is 3.92. The smallest absolute Gasteiger partial charge is 0.337 e. The molecule has 0 saturated carbocycles. The molecule has 0 aliphatic carbocycles. The minimum atomic E-state index is -0.884. The summed E-state index contributed by atoms with van der Waals surface area (Å²) in [6.45, 7) is 7.86. The number of hydrogen-bond acceptors (Lipinski definition) is 2. The largest absolute Gasteiger partial charge is 0.478 e. The van der Waals surface area contributed by atoms with Gasteiger partial charge in [0.1, 0.15) is 0 Å². The molecular weight excluding hydrogens is 384 g/mol. The van der Waals surface area contributed by atoms with E-state index in [9.17, 15) is 9.90 Å². The summed E-state index contributed by atoms with van der Waals surface area (Å²) in [6, 6.07) is 16.2. The summed E-state index contributed by atoms with van der Waals surface area (Å²) in [5.74, 6) is -0.884. The monoisotopic (exact) mass is 410 g/mol. The van der Waals surface area contributed by atoms with Crippen molar-refractivity contribution in [3.8, 4) is 0 Å². The first-order chi connectivity index (χ1) is 13.9. The van der Waals surface area contributed by atoms with Crippen LogP contribution in [0.15, 0.2) is 48.5 Å². The lowest BCUT2D eigenvalue weighted by molar-refractivity contribution is 0.0694. The van der Waals surface area contributed by atoms with Crippen molar-refractivity contribution < 1.29 is 9.90 Å². The fourth-order valence-electron chi connectivity index (χ4n) is 3.70. The molecule has 1 heterocycles. The first-order valence-electron chi connectivity index (χ1n) is 9.79. The highest BCUT2D eigenvalue weighted by molar-refractivity contribution is 6.30. The van der Waals surface area contributed by atoms with Gasteiger partial charge in [0, 0.05) is 35.1 Å². The molecule has 29 heavy (non-hydrogen) atoms. The second-order valence-corrected chi connectivity index (χ2v) is 7.89. The van der Waals surface area contributed by atoms with Gasteiger partial charge in [-0.25, -0.2) is 4.79 Å². The molecule has 0 amide bonds. The summed E-state index contributed by atoms with van der Waals surface area (Å²) in [5, 5.41) is 13.9. The number of carbonyl (C=O) groups is 1. The summed E-state index contributed by atoms with van der Waals surface area (Å²) in [6.07, 6.45) is 0.907. The van der Waals surface area contributed by atoms with Crippen LogP contribution in [0.3, 0.4) is 0 Å². The number of carboxylic acids is 1. The van der Waals surface area contributed by atoms with E-state index in [-0.39, 0.29) is 0 Å². The van der Waals surface area contributed by atoms with Crippen LogP contribution in [0.25, 0.3) is 0 Å². The predicted molar refractivity (Wildman–Crippen MR) is 118 cm³/mol. The van der Waals surface area contributed by atoms with Gasteiger partial charge in [-0.15, -0.1) is 0 Å². The van der Waals surface area contributed by atoms with Crippen LogP contribution in [-0.2, 0) is 19.5 Å². The van der Waals surface area contributed by atoms with Gasteiger partial charge in [-0.2, -0.15) is 0 Å². The van der Waals surface area contributed by atoms with Crippen molar-refractivity contribution in [1.29, 1.82) is 0 Å². The molecule has 1 aromatic heterocycles. The number of rotatable bonds is 8. The van der Waals surface area contributed by atoms with Crippen molar-refractivity contribution >= 4 is 17.6 Å². The normalized spacial score (nSPS) is 11.0. The van der Waals surface area contributed by atoms with Crippen molar-refractivity contribution in [2.24, 2.45) is 0 Å². The third-order valence-electron chi connectivity index (χ3n) is 5.37. The number of benzene rings is 2. The van der Waals surface area contributed by atoms with Crippen molar-refractivity contribution in [2.45, 2.75) is 40.3 Å². The van der Waals surface area contributed by atoms with E-state index in [4.69, 9.17) is 11.6 Å². The zero-order valence-electron chi connectivity index (χ0n) is 17.1. The summed E-state index contributed by atoms with van der Waals surface area (Å²) >= 11 is 6.11. The van der Waals surface area contributed by atoms with Crippen LogP contribution in [0, 0.1) is 20.8 Å². The Labute approximate surface area is 177 Å². The molecule has 0 aliphatic heterocycles. The van der Waals surface area contributed by atoms with Crippen LogP contribution < -0.4 is 5.32 Å². The van der Waals surface area contributed by atoms with Gasteiger partial charge in [-0.3, -0.25) is 0 Å². The lowest BCUT2D eigenvalue weighted by Crippen LogP contribution is -2.18. The van der Waals surface area contributed by atoms with Crippen LogP contribution >= 0.6 is 11.6 Å². The number of aromatic carboxylic acids is 1. The Bertz CT molecular complexity index is 1010. The molecule has 0 spiro atoms. The highest BCUT2D eigenvalue weighted by atomic mass is 35.5. The van der Waals surface area contributed by atoms with E-state index in [2.05, 4.69) is 41.1 Å². The first kappa shape index (κ1) is 21.2.